The molecule has 2 amide bonds. The molecule has 0 aliphatic carbocycles. The number of pyridine rings is 1. The van der Waals surface area contributed by atoms with E-state index in [1.165, 1.54) is 24.1 Å². The molecule has 2 aliphatic heterocycles. The highest BCUT2D eigenvalue weighted by Gasteiger charge is 2.62. The highest BCUT2D eigenvalue weighted by Crippen LogP contribution is 2.45. The molecule has 8 nitrogen and oxygen atoms in total. The molecule has 0 saturated carbocycles. The summed E-state index contributed by atoms with van der Waals surface area (Å²) in [5.41, 5.74) is -3.99. The van der Waals surface area contributed by atoms with Crippen LogP contribution in [-0.2, 0) is 10.4 Å². The Morgan fingerprint density at radius 3 is 2.31 bits per heavy atom. The molecule has 3 heterocycles. The number of aromatic nitrogens is 1. The van der Waals surface area contributed by atoms with E-state index < -0.39 is 23.2 Å². The lowest BCUT2D eigenvalue weighted by atomic mass is 9.71. The van der Waals surface area contributed by atoms with Crippen LogP contribution in [0.15, 0.2) is 36.4 Å². The van der Waals surface area contributed by atoms with Crippen LogP contribution >= 0.6 is 11.6 Å². The third kappa shape index (κ3) is 6.46. The minimum atomic E-state index is -5.20. The van der Waals surface area contributed by atoms with Crippen molar-refractivity contribution in [3.8, 4) is 5.75 Å². The Kier molecular flexibility index (Phi) is 9.32. The van der Waals surface area contributed by atoms with Gasteiger partial charge >= 0.3 is 6.18 Å². The SMILES string of the molecule is COc1cccc([C@@](O)(C(=O)N2CCC(C)(CC3CCN(c4ccc(C(=O)N(C)C)c(Cl)n4)CC3)CC2)C(F)(F)F)c1. The van der Waals surface area contributed by atoms with Gasteiger partial charge < -0.3 is 24.5 Å². The first kappa shape index (κ1) is 31.9. The Balaban J connectivity index is 1.35. The van der Waals surface area contributed by atoms with Crippen LogP contribution in [0, 0.1) is 11.3 Å². The molecule has 0 bridgehead atoms. The van der Waals surface area contributed by atoms with Gasteiger partial charge in [0.05, 0.1) is 12.7 Å². The Morgan fingerprint density at radius 2 is 1.76 bits per heavy atom. The third-order valence-corrected chi connectivity index (χ3v) is 8.94. The van der Waals surface area contributed by atoms with Gasteiger partial charge in [-0.15, -0.1) is 0 Å². The van der Waals surface area contributed by atoms with Gasteiger partial charge in [0.25, 0.3) is 17.4 Å². The highest BCUT2D eigenvalue weighted by molar-refractivity contribution is 6.32. The number of hydrogen-bond donors (Lipinski definition) is 1. The number of benzene rings is 1. The molecule has 42 heavy (non-hydrogen) atoms. The third-order valence-electron chi connectivity index (χ3n) is 8.66. The van der Waals surface area contributed by atoms with E-state index in [9.17, 15) is 27.9 Å². The Bertz CT molecular complexity index is 1290. The summed E-state index contributed by atoms with van der Waals surface area (Å²) in [6.07, 6.45) is -1.38. The first-order valence-electron chi connectivity index (χ1n) is 14.0. The number of anilines is 1. The van der Waals surface area contributed by atoms with Gasteiger partial charge in [-0.2, -0.15) is 13.2 Å². The van der Waals surface area contributed by atoms with Gasteiger partial charge in [0.2, 0.25) is 0 Å². The van der Waals surface area contributed by atoms with Crippen LogP contribution in [-0.4, -0.2) is 85.3 Å². The zero-order valence-electron chi connectivity index (χ0n) is 24.4. The van der Waals surface area contributed by atoms with E-state index in [4.69, 9.17) is 16.3 Å². The van der Waals surface area contributed by atoms with Crippen LogP contribution in [0.3, 0.4) is 0 Å². The van der Waals surface area contributed by atoms with Crippen LogP contribution in [0.25, 0.3) is 0 Å². The number of halogens is 4. The lowest BCUT2D eigenvalue weighted by Gasteiger charge is -2.44. The number of carbonyl (C=O) groups excluding carboxylic acids is 2. The average Bonchev–Trinajstić information content (AvgIpc) is 2.96. The number of aliphatic hydroxyl groups is 1. The van der Waals surface area contributed by atoms with E-state index in [0.29, 0.717) is 24.3 Å². The van der Waals surface area contributed by atoms with E-state index >= 15 is 0 Å². The topological polar surface area (TPSA) is 86.2 Å². The summed E-state index contributed by atoms with van der Waals surface area (Å²) in [6.45, 7) is 3.94. The molecule has 2 fully saturated rings. The molecule has 1 aromatic heterocycles. The number of hydrogen-bond acceptors (Lipinski definition) is 6. The fourth-order valence-electron chi connectivity index (χ4n) is 6.00. The molecule has 230 valence electrons. The fraction of sp³-hybridized carbons (Fsp3) is 0.567. The molecule has 0 unspecified atom stereocenters. The number of amides is 2. The van der Waals surface area contributed by atoms with Gasteiger partial charge in [-0.05, 0) is 67.7 Å². The number of ether oxygens (including phenoxy) is 1. The van der Waals surface area contributed by atoms with Crippen molar-refractivity contribution in [2.24, 2.45) is 11.3 Å². The van der Waals surface area contributed by atoms with E-state index in [2.05, 4.69) is 16.8 Å². The number of carbonyl (C=O) groups is 2. The van der Waals surface area contributed by atoms with Crippen LogP contribution in [0.5, 0.6) is 5.75 Å². The Hall–Kier alpha value is -3.05. The van der Waals surface area contributed by atoms with E-state index in [1.807, 2.05) is 6.07 Å². The molecular formula is C30H38ClF3N4O4. The summed E-state index contributed by atoms with van der Waals surface area (Å²) in [5, 5.41) is 11.0. The maximum Gasteiger partial charge on any atom is 0.430 e. The molecule has 4 rings (SSSR count). The summed E-state index contributed by atoms with van der Waals surface area (Å²) < 4.78 is 47.6. The molecule has 1 atom stereocenters. The molecule has 12 heteroatoms. The quantitative estimate of drug-likeness (QED) is 0.438. The number of methoxy groups -OCH3 is 1. The predicted octanol–water partition coefficient (Wildman–Crippen LogP) is 5.13. The van der Waals surface area contributed by atoms with Crippen molar-refractivity contribution in [1.82, 2.24) is 14.8 Å². The second-order valence-electron chi connectivity index (χ2n) is 11.9. The number of rotatable bonds is 7. The van der Waals surface area contributed by atoms with Crippen molar-refractivity contribution >= 4 is 29.2 Å². The number of piperidine rings is 2. The maximum absolute atomic E-state index is 14.2. The lowest BCUT2D eigenvalue weighted by molar-refractivity contribution is -0.262. The van der Waals surface area contributed by atoms with Crippen molar-refractivity contribution in [1.29, 1.82) is 0 Å². The molecule has 1 aromatic carbocycles. The molecular weight excluding hydrogens is 573 g/mol. The Morgan fingerprint density at radius 1 is 1.12 bits per heavy atom. The zero-order chi connectivity index (χ0) is 30.9. The van der Waals surface area contributed by atoms with Gasteiger partial charge in [0.15, 0.2) is 0 Å². The van der Waals surface area contributed by atoms with E-state index in [0.717, 1.165) is 55.2 Å². The zero-order valence-corrected chi connectivity index (χ0v) is 25.1. The van der Waals surface area contributed by atoms with Crippen molar-refractivity contribution in [2.45, 2.75) is 50.8 Å². The maximum atomic E-state index is 14.2. The number of alkyl halides is 3. The minimum Gasteiger partial charge on any atom is -0.497 e. The lowest BCUT2D eigenvalue weighted by Crippen LogP contribution is -2.57. The molecule has 0 radical (unpaired) electrons. The molecule has 0 spiro atoms. The standard InChI is InChI=1S/C30H38ClF3N4O4/c1-28(19-20-10-14-37(15-11-20)24-9-8-23(25(31)35-24)26(39)36(2)3)12-16-38(17-13-28)27(40)29(41,30(32,33)34)21-6-5-7-22(18-21)42-4/h5-9,18,20,41H,10-17,19H2,1-4H3/t29-/m1/s1. The second kappa shape index (κ2) is 12.3. The predicted molar refractivity (Wildman–Crippen MR) is 154 cm³/mol. The van der Waals surface area contributed by atoms with Gasteiger partial charge in [-0.3, -0.25) is 9.59 Å². The molecule has 2 aromatic rings. The number of nitrogens with zero attached hydrogens (tertiary/aromatic N) is 4. The monoisotopic (exact) mass is 610 g/mol. The van der Waals surface area contributed by atoms with Crippen LogP contribution in [0.2, 0.25) is 5.15 Å². The van der Waals surface area contributed by atoms with Gasteiger partial charge in [0.1, 0.15) is 16.7 Å². The normalized spacial score (nSPS) is 19.3. The smallest absolute Gasteiger partial charge is 0.430 e. The van der Waals surface area contributed by atoms with Crippen LogP contribution < -0.4 is 9.64 Å². The largest absolute Gasteiger partial charge is 0.497 e. The summed E-state index contributed by atoms with van der Waals surface area (Å²) in [7, 11) is 4.62. The number of likely N-dealkylation sites (tertiary alicyclic amines) is 1. The first-order chi connectivity index (χ1) is 19.7. The van der Waals surface area contributed by atoms with Crippen molar-refractivity contribution < 1.29 is 32.6 Å². The van der Waals surface area contributed by atoms with Crippen molar-refractivity contribution in [3.63, 3.8) is 0 Å². The van der Waals surface area contributed by atoms with Crippen LogP contribution in [0.4, 0.5) is 19.0 Å². The van der Waals surface area contributed by atoms with Gasteiger partial charge in [-0.1, -0.05) is 30.7 Å². The molecule has 2 saturated heterocycles. The molecule has 1 N–H and O–H groups in total. The summed E-state index contributed by atoms with van der Waals surface area (Å²) in [5.74, 6) is -0.303. The van der Waals surface area contributed by atoms with Crippen molar-refractivity contribution in [3.05, 3.63) is 52.7 Å². The summed E-state index contributed by atoms with van der Waals surface area (Å²) >= 11 is 6.30. The fourth-order valence-corrected chi connectivity index (χ4v) is 6.23. The van der Waals surface area contributed by atoms with Crippen LogP contribution in [0.1, 0.15) is 54.9 Å². The van der Waals surface area contributed by atoms with E-state index in [-0.39, 0.29) is 35.3 Å². The average molecular weight is 611 g/mol. The highest BCUT2D eigenvalue weighted by atomic mass is 35.5. The summed E-state index contributed by atoms with van der Waals surface area (Å²) in [4.78, 5) is 34.7. The minimum absolute atomic E-state index is 0.121. The Labute approximate surface area is 249 Å². The van der Waals surface area contributed by atoms with Gasteiger partial charge in [0, 0.05) is 45.8 Å². The summed E-state index contributed by atoms with van der Waals surface area (Å²) in [6, 6.07) is 8.43. The second-order valence-corrected chi connectivity index (χ2v) is 12.2. The van der Waals surface area contributed by atoms with E-state index in [1.54, 1.807) is 20.2 Å². The van der Waals surface area contributed by atoms with Crippen molar-refractivity contribution in [2.75, 3.05) is 52.3 Å². The first-order valence-corrected chi connectivity index (χ1v) is 14.4. The molecule has 2 aliphatic rings. The van der Waals surface area contributed by atoms with Gasteiger partial charge in [-0.25, -0.2) is 4.98 Å².